The molecule has 1 heterocycles. The van der Waals surface area contributed by atoms with E-state index >= 15 is 0 Å². The predicted octanol–water partition coefficient (Wildman–Crippen LogP) is 1.35. The van der Waals surface area contributed by atoms with E-state index in [0.29, 0.717) is 52.0 Å². The molecule has 0 radical (unpaired) electrons. The van der Waals surface area contributed by atoms with Gasteiger partial charge in [-0.25, -0.2) is 4.39 Å². The average molecular weight is 363 g/mol. The van der Waals surface area contributed by atoms with Gasteiger partial charge in [-0.2, -0.15) is 0 Å². The van der Waals surface area contributed by atoms with Gasteiger partial charge in [-0.3, -0.25) is 14.4 Å². The molecule has 0 aromatic heterocycles. The maximum atomic E-state index is 12.8. The van der Waals surface area contributed by atoms with E-state index in [9.17, 15) is 18.8 Å². The zero-order valence-electron chi connectivity index (χ0n) is 15.2. The molecule has 0 bridgehead atoms. The van der Waals surface area contributed by atoms with Crippen molar-refractivity contribution in [1.82, 2.24) is 15.1 Å². The Hall–Kier alpha value is -2.44. The number of hydrogen-bond donors (Lipinski definition) is 1. The van der Waals surface area contributed by atoms with Crippen LogP contribution in [0.3, 0.4) is 0 Å². The normalized spacial score (nSPS) is 14.2. The molecule has 3 amide bonds. The standard InChI is InChI=1S/C19H26FN3O3/c1-15(24)22-11-13-23(14-12-22)19(26)9-10-21-18(25)4-2-3-16-5-7-17(20)8-6-16/h5-8H,2-4,9-14H2,1H3,(H,21,25). The van der Waals surface area contributed by atoms with Crippen LogP contribution in [0.25, 0.3) is 0 Å². The van der Waals surface area contributed by atoms with E-state index in [-0.39, 0.29) is 30.0 Å². The molecule has 1 N–H and O–H groups in total. The number of piperazine rings is 1. The summed E-state index contributed by atoms with van der Waals surface area (Å²) in [5.74, 6) is -0.315. The second kappa shape index (κ2) is 9.89. The van der Waals surface area contributed by atoms with Crippen molar-refractivity contribution < 1.29 is 18.8 Å². The first-order valence-electron chi connectivity index (χ1n) is 9.00. The van der Waals surface area contributed by atoms with Gasteiger partial charge >= 0.3 is 0 Å². The Morgan fingerprint density at radius 2 is 1.62 bits per heavy atom. The molecule has 0 aliphatic carbocycles. The van der Waals surface area contributed by atoms with Crippen LogP contribution in [-0.4, -0.2) is 60.2 Å². The highest BCUT2D eigenvalue weighted by atomic mass is 19.1. The van der Waals surface area contributed by atoms with Crippen LogP contribution < -0.4 is 5.32 Å². The summed E-state index contributed by atoms with van der Waals surface area (Å²) in [6.45, 7) is 4.08. The third-order valence-electron chi connectivity index (χ3n) is 4.52. The Morgan fingerprint density at radius 1 is 1.00 bits per heavy atom. The molecule has 1 fully saturated rings. The minimum atomic E-state index is -0.265. The largest absolute Gasteiger partial charge is 0.356 e. The van der Waals surface area contributed by atoms with Crippen molar-refractivity contribution in [3.8, 4) is 0 Å². The summed E-state index contributed by atoms with van der Waals surface area (Å²) < 4.78 is 12.8. The first-order valence-corrected chi connectivity index (χ1v) is 9.00. The first kappa shape index (κ1) is 19.9. The van der Waals surface area contributed by atoms with Gasteiger partial charge in [0.25, 0.3) is 0 Å². The Labute approximate surface area is 153 Å². The smallest absolute Gasteiger partial charge is 0.224 e. The molecule has 26 heavy (non-hydrogen) atoms. The van der Waals surface area contributed by atoms with Gasteiger partial charge in [0.1, 0.15) is 5.82 Å². The highest BCUT2D eigenvalue weighted by Crippen LogP contribution is 2.07. The summed E-state index contributed by atoms with van der Waals surface area (Å²) in [6.07, 6.45) is 2.04. The number of carbonyl (C=O) groups is 3. The maximum Gasteiger partial charge on any atom is 0.224 e. The zero-order valence-corrected chi connectivity index (χ0v) is 15.2. The third-order valence-corrected chi connectivity index (χ3v) is 4.52. The number of rotatable bonds is 7. The molecule has 6 nitrogen and oxygen atoms in total. The van der Waals surface area contributed by atoms with Gasteiger partial charge in [-0.15, -0.1) is 0 Å². The van der Waals surface area contributed by atoms with Gasteiger partial charge in [0.15, 0.2) is 0 Å². The van der Waals surface area contributed by atoms with Crippen LogP contribution in [0.15, 0.2) is 24.3 Å². The molecule has 1 saturated heterocycles. The molecule has 1 aromatic carbocycles. The first-order chi connectivity index (χ1) is 12.5. The molecule has 1 aromatic rings. The molecule has 1 aliphatic heterocycles. The van der Waals surface area contributed by atoms with E-state index in [0.717, 1.165) is 5.56 Å². The van der Waals surface area contributed by atoms with Crippen LogP contribution in [0.4, 0.5) is 4.39 Å². The van der Waals surface area contributed by atoms with Crippen molar-refractivity contribution in [3.05, 3.63) is 35.6 Å². The van der Waals surface area contributed by atoms with Crippen LogP contribution in [0, 0.1) is 5.82 Å². The number of benzene rings is 1. The fraction of sp³-hybridized carbons (Fsp3) is 0.526. The number of halogens is 1. The second-order valence-electron chi connectivity index (χ2n) is 6.47. The van der Waals surface area contributed by atoms with Crippen molar-refractivity contribution in [3.63, 3.8) is 0 Å². The highest BCUT2D eigenvalue weighted by molar-refractivity contribution is 5.79. The summed E-state index contributed by atoms with van der Waals surface area (Å²) in [5, 5.41) is 2.76. The number of nitrogens with zero attached hydrogens (tertiary/aromatic N) is 2. The lowest BCUT2D eigenvalue weighted by Gasteiger charge is -2.34. The number of amides is 3. The van der Waals surface area contributed by atoms with E-state index in [1.807, 2.05) is 0 Å². The highest BCUT2D eigenvalue weighted by Gasteiger charge is 2.21. The monoisotopic (exact) mass is 363 g/mol. The number of nitrogens with one attached hydrogen (secondary N) is 1. The van der Waals surface area contributed by atoms with Gasteiger partial charge < -0.3 is 15.1 Å². The van der Waals surface area contributed by atoms with Crippen LogP contribution in [0.5, 0.6) is 0 Å². The molecule has 0 atom stereocenters. The van der Waals surface area contributed by atoms with Crippen LogP contribution in [-0.2, 0) is 20.8 Å². The average Bonchev–Trinajstić information content (AvgIpc) is 2.63. The van der Waals surface area contributed by atoms with E-state index in [4.69, 9.17) is 0 Å². The second-order valence-corrected chi connectivity index (χ2v) is 6.47. The molecular formula is C19H26FN3O3. The molecule has 0 unspecified atom stereocenters. The summed E-state index contributed by atoms with van der Waals surface area (Å²) in [4.78, 5) is 38.7. The van der Waals surface area contributed by atoms with E-state index in [1.54, 1.807) is 21.9 Å². The summed E-state index contributed by atoms with van der Waals surface area (Å²) in [6, 6.07) is 6.27. The fourth-order valence-corrected chi connectivity index (χ4v) is 2.93. The van der Waals surface area contributed by atoms with Crippen molar-refractivity contribution in [2.24, 2.45) is 0 Å². The quantitative estimate of drug-likeness (QED) is 0.795. The van der Waals surface area contributed by atoms with Gasteiger partial charge in [0, 0.05) is 52.5 Å². The lowest BCUT2D eigenvalue weighted by molar-refractivity contribution is -0.138. The Morgan fingerprint density at radius 3 is 2.23 bits per heavy atom. The Kier molecular flexibility index (Phi) is 7.56. The molecule has 1 aliphatic rings. The van der Waals surface area contributed by atoms with Crippen molar-refractivity contribution >= 4 is 17.7 Å². The van der Waals surface area contributed by atoms with E-state index < -0.39 is 0 Å². The minimum Gasteiger partial charge on any atom is -0.356 e. The van der Waals surface area contributed by atoms with Crippen molar-refractivity contribution in [1.29, 1.82) is 0 Å². The fourth-order valence-electron chi connectivity index (χ4n) is 2.93. The molecule has 142 valence electrons. The van der Waals surface area contributed by atoms with Crippen molar-refractivity contribution in [2.75, 3.05) is 32.7 Å². The van der Waals surface area contributed by atoms with E-state index in [1.165, 1.54) is 19.1 Å². The van der Waals surface area contributed by atoms with Gasteiger partial charge in [0.05, 0.1) is 0 Å². The van der Waals surface area contributed by atoms with Gasteiger partial charge in [-0.05, 0) is 30.5 Å². The topological polar surface area (TPSA) is 69.7 Å². The lowest BCUT2D eigenvalue weighted by Crippen LogP contribution is -2.50. The molecule has 0 spiro atoms. The zero-order chi connectivity index (χ0) is 18.9. The predicted molar refractivity (Wildman–Crippen MR) is 95.8 cm³/mol. The SMILES string of the molecule is CC(=O)N1CCN(C(=O)CCNC(=O)CCCc2ccc(F)cc2)CC1. The molecule has 0 saturated carbocycles. The molecule has 2 rings (SSSR count). The molecular weight excluding hydrogens is 337 g/mol. The number of carbonyl (C=O) groups excluding carboxylic acids is 3. The Balaban J connectivity index is 1.57. The summed E-state index contributed by atoms with van der Waals surface area (Å²) in [5.41, 5.74) is 0.999. The maximum absolute atomic E-state index is 12.8. The van der Waals surface area contributed by atoms with Crippen LogP contribution >= 0.6 is 0 Å². The number of hydrogen-bond acceptors (Lipinski definition) is 3. The molecule has 7 heteroatoms. The summed E-state index contributed by atoms with van der Waals surface area (Å²) >= 11 is 0. The lowest BCUT2D eigenvalue weighted by atomic mass is 10.1. The minimum absolute atomic E-state index is 0.000172. The van der Waals surface area contributed by atoms with Gasteiger partial charge in [0.2, 0.25) is 17.7 Å². The van der Waals surface area contributed by atoms with Crippen LogP contribution in [0.2, 0.25) is 0 Å². The van der Waals surface area contributed by atoms with Crippen molar-refractivity contribution in [2.45, 2.75) is 32.6 Å². The summed E-state index contributed by atoms with van der Waals surface area (Å²) in [7, 11) is 0. The third kappa shape index (κ3) is 6.46. The Bertz CT molecular complexity index is 625. The van der Waals surface area contributed by atoms with Crippen LogP contribution in [0.1, 0.15) is 31.7 Å². The van der Waals surface area contributed by atoms with E-state index in [2.05, 4.69) is 5.32 Å². The van der Waals surface area contributed by atoms with Gasteiger partial charge in [-0.1, -0.05) is 12.1 Å². The number of aryl methyl sites for hydroxylation is 1.